The first kappa shape index (κ1) is 10.2. The van der Waals surface area contributed by atoms with E-state index in [1.165, 1.54) is 6.08 Å². The molecule has 4 nitrogen and oxygen atoms in total. The summed E-state index contributed by atoms with van der Waals surface area (Å²) in [5.41, 5.74) is -0.254. The number of rotatable bonds is 2. The quantitative estimate of drug-likeness (QED) is 0.645. The minimum absolute atomic E-state index is 0.320. The van der Waals surface area contributed by atoms with Crippen LogP contribution in [0.1, 0.15) is 32.6 Å². The zero-order valence-corrected chi connectivity index (χ0v) is 8.75. The van der Waals surface area contributed by atoms with Gasteiger partial charge in [0.25, 0.3) is 0 Å². The Morgan fingerprint density at radius 2 is 2.20 bits per heavy atom. The summed E-state index contributed by atoms with van der Waals surface area (Å²) in [4.78, 5) is 22.8. The zero-order chi connectivity index (χ0) is 10.9. The van der Waals surface area contributed by atoms with Crippen molar-refractivity contribution >= 4 is 11.9 Å². The summed E-state index contributed by atoms with van der Waals surface area (Å²) >= 11 is 0. The lowest BCUT2D eigenvalue weighted by atomic mass is 9.93. The van der Waals surface area contributed by atoms with Crippen LogP contribution in [-0.2, 0) is 19.1 Å². The lowest BCUT2D eigenvalue weighted by Crippen LogP contribution is -2.32. The van der Waals surface area contributed by atoms with Crippen molar-refractivity contribution in [2.45, 2.75) is 38.2 Å². The van der Waals surface area contributed by atoms with Crippen molar-refractivity contribution in [3.63, 3.8) is 0 Å². The summed E-state index contributed by atoms with van der Waals surface area (Å²) in [6, 6.07) is 0. The highest BCUT2D eigenvalue weighted by atomic mass is 16.6. The molecule has 0 unspecified atom stereocenters. The molecule has 2 aliphatic rings. The van der Waals surface area contributed by atoms with Crippen LogP contribution in [0, 0.1) is 0 Å². The maximum atomic E-state index is 11.6. The summed E-state index contributed by atoms with van der Waals surface area (Å²) in [6.45, 7) is 2.07. The third kappa shape index (κ3) is 1.64. The molecule has 82 valence electrons. The molecule has 0 radical (unpaired) electrons. The van der Waals surface area contributed by atoms with E-state index in [-0.39, 0.29) is 0 Å². The van der Waals surface area contributed by atoms with E-state index >= 15 is 0 Å². The van der Waals surface area contributed by atoms with Crippen molar-refractivity contribution in [3.05, 3.63) is 11.6 Å². The van der Waals surface area contributed by atoms with Gasteiger partial charge >= 0.3 is 11.9 Å². The van der Waals surface area contributed by atoms with Crippen LogP contribution in [0.2, 0.25) is 0 Å². The Balaban J connectivity index is 2.23. The lowest BCUT2D eigenvalue weighted by molar-refractivity contribution is -0.148. The fourth-order valence-electron chi connectivity index (χ4n) is 2.30. The van der Waals surface area contributed by atoms with Gasteiger partial charge in [-0.05, 0) is 32.6 Å². The van der Waals surface area contributed by atoms with Gasteiger partial charge in [0, 0.05) is 6.08 Å². The molecule has 0 aromatic carbocycles. The Morgan fingerprint density at radius 1 is 1.53 bits per heavy atom. The van der Waals surface area contributed by atoms with E-state index in [2.05, 4.69) is 0 Å². The fraction of sp³-hybridized carbons (Fsp3) is 0.636. The van der Waals surface area contributed by atoms with Crippen molar-refractivity contribution in [3.8, 4) is 0 Å². The number of ether oxygens (including phenoxy) is 2. The third-order valence-corrected chi connectivity index (χ3v) is 2.96. The molecular formula is C11H14O4. The first-order valence-electron chi connectivity index (χ1n) is 5.30. The number of hydrogen-bond acceptors (Lipinski definition) is 4. The van der Waals surface area contributed by atoms with Crippen LogP contribution >= 0.6 is 0 Å². The summed E-state index contributed by atoms with van der Waals surface area (Å²) in [6.07, 6.45) is 4.74. The van der Waals surface area contributed by atoms with E-state index in [0.717, 1.165) is 25.7 Å². The predicted octanol–water partition coefficient (Wildman–Crippen LogP) is 1.35. The van der Waals surface area contributed by atoms with Gasteiger partial charge in [0.05, 0.1) is 12.2 Å². The molecule has 1 heterocycles. The molecule has 1 aliphatic carbocycles. The van der Waals surface area contributed by atoms with Crippen LogP contribution in [-0.4, -0.2) is 24.1 Å². The molecule has 1 saturated carbocycles. The Kier molecular flexibility index (Phi) is 2.50. The largest absolute Gasteiger partial charge is 0.463 e. The first-order valence-corrected chi connectivity index (χ1v) is 5.30. The van der Waals surface area contributed by atoms with Crippen LogP contribution in [0.5, 0.6) is 0 Å². The molecule has 0 N–H and O–H groups in total. The van der Waals surface area contributed by atoms with Gasteiger partial charge in [0.15, 0.2) is 0 Å². The predicted molar refractivity (Wildman–Crippen MR) is 52.0 cm³/mol. The molecule has 1 aliphatic heterocycles. The summed E-state index contributed by atoms with van der Waals surface area (Å²) in [7, 11) is 0. The fourth-order valence-corrected chi connectivity index (χ4v) is 2.30. The summed E-state index contributed by atoms with van der Waals surface area (Å²) in [5.74, 6) is -0.829. The zero-order valence-electron chi connectivity index (χ0n) is 8.75. The van der Waals surface area contributed by atoms with E-state index in [1.54, 1.807) is 6.92 Å². The minimum atomic E-state index is -0.663. The Labute approximate surface area is 88.2 Å². The molecule has 1 fully saturated rings. The van der Waals surface area contributed by atoms with Gasteiger partial charge in [0.2, 0.25) is 0 Å². The Hall–Kier alpha value is -1.32. The average Bonchev–Trinajstić information content (AvgIpc) is 2.75. The number of carbonyl (C=O) groups excluding carboxylic acids is 2. The SMILES string of the molecule is CCOC(=O)C1=CC(=O)OC12CCCC2. The molecule has 4 heteroatoms. The molecule has 2 rings (SSSR count). The average molecular weight is 210 g/mol. The molecule has 0 bridgehead atoms. The summed E-state index contributed by atoms with van der Waals surface area (Å²) in [5, 5.41) is 0. The summed E-state index contributed by atoms with van der Waals surface area (Å²) < 4.78 is 10.2. The van der Waals surface area contributed by atoms with Crippen LogP contribution in [0.4, 0.5) is 0 Å². The van der Waals surface area contributed by atoms with Gasteiger partial charge in [-0.3, -0.25) is 0 Å². The highest BCUT2D eigenvalue weighted by Gasteiger charge is 2.48. The molecule has 1 spiro atoms. The van der Waals surface area contributed by atoms with Gasteiger partial charge in [-0.1, -0.05) is 0 Å². The second-order valence-corrected chi connectivity index (χ2v) is 3.90. The Bertz CT molecular complexity index is 323. The molecular weight excluding hydrogens is 196 g/mol. The maximum absolute atomic E-state index is 11.6. The van der Waals surface area contributed by atoms with Crippen molar-refractivity contribution in [1.82, 2.24) is 0 Å². The van der Waals surface area contributed by atoms with Crippen LogP contribution in [0.25, 0.3) is 0 Å². The van der Waals surface area contributed by atoms with Crippen molar-refractivity contribution in [2.24, 2.45) is 0 Å². The second kappa shape index (κ2) is 3.68. The Morgan fingerprint density at radius 3 is 2.80 bits per heavy atom. The molecule has 0 atom stereocenters. The second-order valence-electron chi connectivity index (χ2n) is 3.90. The molecule has 0 amide bonds. The van der Waals surface area contributed by atoms with Gasteiger partial charge in [-0.25, -0.2) is 9.59 Å². The highest BCUT2D eigenvalue weighted by molar-refractivity contribution is 6.01. The van der Waals surface area contributed by atoms with E-state index in [1.807, 2.05) is 0 Å². The monoisotopic (exact) mass is 210 g/mol. The van der Waals surface area contributed by atoms with E-state index in [4.69, 9.17) is 9.47 Å². The highest BCUT2D eigenvalue weighted by Crippen LogP contribution is 2.42. The van der Waals surface area contributed by atoms with E-state index in [0.29, 0.717) is 12.2 Å². The topological polar surface area (TPSA) is 52.6 Å². The molecule has 0 aromatic rings. The van der Waals surface area contributed by atoms with Crippen LogP contribution < -0.4 is 0 Å². The smallest absolute Gasteiger partial charge is 0.338 e. The number of carbonyl (C=O) groups is 2. The van der Waals surface area contributed by atoms with E-state index in [9.17, 15) is 9.59 Å². The van der Waals surface area contributed by atoms with Crippen LogP contribution in [0.3, 0.4) is 0 Å². The van der Waals surface area contributed by atoms with E-state index < -0.39 is 17.5 Å². The third-order valence-electron chi connectivity index (χ3n) is 2.96. The van der Waals surface area contributed by atoms with Crippen LogP contribution in [0.15, 0.2) is 11.6 Å². The maximum Gasteiger partial charge on any atom is 0.338 e. The van der Waals surface area contributed by atoms with Crippen molar-refractivity contribution in [2.75, 3.05) is 6.61 Å². The number of esters is 2. The standard InChI is InChI=1S/C11H14O4/c1-2-14-10(13)8-7-9(12)15-11(8)5-3-4-6-11/h7H,2-6H2,1H3. The van der Waals surface area contributed by atoms with Gasteiger partial charge < -0.3 is 9.47 Å². The van der Waals surface area contributed by atoms with Gasteiger partial charge in [-0.2, -0.15) is 0 Å². The van der Waals surface area contributed by atoms with Crippen molar-refractivity contribution in [1.29, 1.82) is 0 Å². The lowest BCUT2D eigenvalue weighted by Gasteiger charge is -2.24. The molecule has 0 aromatic heterocycles. The first-order chi connectivity index (χ1) is 7.18. The normalized spacial score (nSPS) is 22.7. The minimum Gasteiger partial charge on any atom is -0.463 e. The molecule has 15 heavy (non-hydrogen) atoms. The number of hydrogen-bond donors (Lipinski definition) is 0. The van der Waals surface area contributed by atoms with Gasteiger partial charge in [-0.15, -0.1) is 0 Å². The van der Waals surface area contributed by atoms with Gasteiger partial charge in [0.1, 0.15) is 5.60 Å². The molecule has 0 saturated heterocycles. The van der Waals surface area contributed by atoms with Crippen molar-refractivity contribution < 1.29 is 19.1 Å².